The molecule has 4 amide bonds. The summed E-state index contributed by atoms with van der Waals surface area (Å²) < 4.78 is 0. The monoisotopic (exact) mass is 488 g/mol. The molecule has 0 aromatic heterocycles. The molecule has 0 aliphatic carbocycles. The molecule has 0 aliphatic heterocycles. The first-order valence-corrected chi connectivity index (χ1v) is 10.6. The SMILES string of the molecule is CC(C)CC(N)C(=O)NC(CC(N)=O)C(=O)NC(CCCN=C(N)N)C(=O)NC(CO)C(=O)O. The maximum absolute atomic E-state index is 12.8. The van der Waals surface area contributed by atoms with E-state index in [1.807, 2.05) is 13.8 Å². The van der Waals surface area contributed by atoms with Gasteiger partial charge in [0.05, 0.1) is 19.1 Å². The van der Waals surface area contributed by atoms with Crippen molar-refractivity contribution in [1.82, 2.24) is 16.0 Å². The number of hydrogen-bond donors (Lipinski definition) is 9. The zero-order valence-corrected chi connectivity index (χ0v) is 19.3. The third kappa shape index (κ3) is 12.5. The molecule has 0 radical (unpaired) electrons. The van der Waals surface area contributed by atoms with Crippen LogP contribution in [0.4, 0.5) is 0 Å². The molecule has 15 nitrogen and oxygen atoms in total. The molecular formula is C19H36N8O7. The number of amides is 4. The van der Waals surface area contributed by atoms with Gasteiger partial charge < -0.3 is 49.1 Å². The average Bonchev–Trinajstić information content (AvgIpc) is 2.71. The van der Waals surface area contributed by atoms with Crippen molar-refractivity contribution in [3.63, 3.8) is 0 Å². The molecule has 0 fully saturated rings. The highest BCUT2D eigenvalue weighted by molar-refractivity contribution is 5.96. The van der Waals surface area contributed by atoms with Crippen LogP contribution in [0.1, 0.15) is 39.5 Å². The Hall–Kier alpha value is -3.46. The van der Waals surface area contributed by atoms with Crippen molar-refractivity contribution in [2.45, 2.75) is 63.7 Å². The van der Waals surface area contributed by atoms with Gasteiger partial charge in [-0.3, -0.25) is 24.2 Å². The first-order chi connectivity index (χ1) is 15.8. The second-order valence-corrected chi connectivity index (χ2v) is 8.06. The van der Waals surface area contributed by atoms with Crippen LogP contribution in [0.25, 0.3) is 0 Å². The van der Waals surface area contributed by atoms with Crippen molar-refractivity contribution in [1.29, 1.82) is 0 Å². The fraction of sp³-hybridized carbons (Fsp3) is 0.684. The molecule has 0 aromatic carbocycles. The first kappa shape index (κ1) is 30.5. The van der Waals surface area contributed by atoms with E-state index in [4.69, 9.17) is 33.1 Å². The Morgan fingerprint density at radius 1 is 0.882 bits per heavy atom. The van der Waals surface area contributed by atoms with Crippen LogP contribution >= 0.6 is 0 Å². The smallest absolute Gasteiger partial charge is 0.328 e. The number of carbonyl (C=O) groups excluding carboxylic acids is 4. The van der Waals surface area contributed by atoms with Gasteiger partial charge in [0.25, 0.3) is 0 Å². The lowest BCUT2D eigenvalue weighted by atomic mass is 10.0. The van der Waals surface area contributed by atoms with Crippen LogP contribution in [0.3, 0.4) is 0 Å². The normalized spacial score (nSPS) is 14.3. The van der Waals surface area contributed by atoms with E-state index in [1.54, 1.807) is 0 Å². The van der Waals surface area contributed by atoms with Gasteiger partial charge in [-0.1, -0.05) is 13.8 Å². The summed E-state index contributed by atoms with van der Waals surface area (Å²) in [6, 6.07) is -5.28. The number of hydrogen-bond acceptors (Lipinski definition) is 8. The number of aliphatic carboxylic acids is 1. The summed E-state index contributed by atoms with van der Waals surface area (Å²) in [5.74, 6) is -4.98. The topological polar surface area (TPSA) is 278 Å². The molecule has 0 aromatic rings. The van der Waals surface area contributed by atoms with Gasteiger partial charge in [0.1, 0.15) is 18.1 Å². The van der Waals surface area contributed by atoms with Gasteiger partial charge in [0, 0.05) is 6.54 Å². The summed E-state index contributed by atoms with van der Waals surface area (Å²) in [6.07, 6.45) is -0.0670. The number of carbonyl (C=O) groups is 5. The molecule has 4 unspecified atom stereocenters. The Morgan fingerprint density at radius 3 is 1.88 bits per heavy atom. The number of guanidine groups is 1. The number of aliphatic hydroxyl groups is 1. The Bertz CT molecular complexity index is 755. The molecule has 0 saturated carbocycles. The second kappa shape index (κ2) is 15.4. The fourth-order valence-corrected chi connectivity index (χ4v) is 2.81. The van der Waals surface area contributed by atoms with E-state index in [0.717, 1.165) is 0 Å². The Labute approximate surface area is 197 Å². The first-order valence-electron chi connectivity index (χ1n) is 10.6. The summed E-state index contributed by atoms with van der Waals surface area (Å²) in [5, 5.41) is 25.0. The van der Waals surface area contributed by atoms with Crippen LogP contribution in [0, 0.1) is 5.92 Å². The number of nitrogens with zero attached hydrogens (tertiary/aromatic N) is 1. The number of nitrogens with one attached hydrogen (secondary N) is 3. The lowest BCUT2D eigenvalue weighted by molar-refractivity contribution is -0.143. The van der Waals surface area contributed by atoms with Crippen molar-refractivity contribution in [2.75, 3.05) is 13.2 Å². The molecule has 0 rings (SSSR count). The van der Waals surface area contributed by atoms with Crippen molar-refractivity contribution in [2.24, 2.45) is 33.8 Å². The van der Waals surface area contributed by atoms with Gasteiger partial charge in [0.15, 0.2) is 5.96 Å². The van der Waals surface area contributed by atoms with E-state index in [0.29, 0.717) is 6.42 Å². The maximum atomic E-state index is 12.8. The zero-order valence-electron chi connectivity index (χ0n) is 19.3. The van der Waals surface area contributed by atoms with Crippen molar-refractivity contribution in [3.05, 3.63) is 0 Å². The number of aliphatic imine (C=N–C) groups is 1. The van der Waals surface area contributed by atoms with Crippen molar-refractivity contribution < 1.29 is 34.2 Å². The summed E-state index contributed by atoms with van der Waals surface area (Å²) >= 11 is 0. The average molecular weight is 489 g/mol. The number of carboxylic acid groups (broad SMARTS) is 1. The summed E-state index contributed by atoms with van der Waals surface area (Å²) in [5.41, 5.74) is 21.5. The van der Waals surface area contributed by atoms with E-state index in [-0.39, 0.29) is 31.3 Å². The number of nitrogens with two attached hydrogens (primary N) is 4. The van der Waals surface area contributed by atoms with E-state index >= 15 is 0 Å². The molecule has 0 heterocycles. The highest BCUT2D eigenvalue weighted by Gasteiger charge is 2.30. The molecule has 0 aliphatic rings. The molecule has 0 spiro atoms. The summed E-state index contributed by atoms with van der Waals surface area (Å²) in [4.78, 5) is 64.1. The van der Waals surface area contributed by atoms with Crippen LogP contribution in [-0.4, -0.2) is 83.1 Å². The van der Waals surface area contributed by atoms with Gasteiger partial charge in [0.2, 0.25) is 23.6 Å². The maximum Gasteiger partial charge on any atom is 0.328 e. The van der Waals surface area contributed by atoms with E-state index in [2.05, 4.69) is 20.9 Å². The van der Waals surface area contributed by atoms with Crippen LogP contribution < -0.4 is 38.9 Å². The Morgan fingerprint density at radius 2 is 1.41 bits per heavy atom. The quantitative estimate of drug-likeness (QED) is 0.0573. The molecular weight excluding hydrogens is 452 g/mol. The lowest BCUT2D eigenvalue weighted by Gasteiger charge is -2.24. The van der Waals surface area contributed by atoms with E-state index < -0.39 is 66.8 Å². The minimum atomic E-state index is -1.61. The standard InChI is InChI=1S/C19H36N8O7/c1-9(2)6-10(20)15(30)26-12(7-14(21)29)17(32)25-11(4-3-5-24-19(22)23)16(31)27-13(8-28)18(33)34/h9-13,28H,3-8,20H2,1-2H3,(H2,21,29)(H,25,32)(H,26,30)(H,27,31)(H,33,34)(H4,22,23,24). The van der Waals surface area contributed by atoms with Gasteiger partial charge in [-0.25, -0.2) is 4.79 Å². The molecule has 34 heavy (non-hydrogen) atoms. The van der Waals surface area contributed by atoms with Gasteiger partial charge in [-0.2, -0.15) is 0 Å². The molecule has 15 heteroatoms. The molecule has 194 valence electrons. The summed E-state index contributed by atoms with van der Waals surface area (Å²) in [7, 11) is 0. The van der Waals surface area contributed by atoms with Gasteiger partial charge in [-0.15, -0.1) is 0 Å². The third-order valence-corrected chi connectivity index (χ3v) is 4.48. The minimum absolute atomic E-state index is 0.0315. The lowest BCUT2D eigenvalue weighted by Crippen LogP contribution is -2.58. The number of aliphatic hydroxyl groups excluding tert-OH is 1. The Balaban J connectivity index is 5.54. The predicted octanol–water partition coefficient (Wildman–Crippen LogP) is -4.18. The number of carboxylic acids is 1. The molecule has 0 bridgehead atoms. The van der Waals surface area contributed by atoms with Crippen LogP contribution in [-0.2, 0) is 24.0 Å². The van der Waals surface area contributed by atoms with Crippen LogP contribution in [0.15, 0.2) is 4.99 Å². The summed E-state index contributed by atoms with van der Waals surface area (Å²) in [6.45, 7) is 2.92. The van der Waals surface area contributed by atoms with Crippen LogP contribution in [0.2, 0.25) is 0 Å². The zero-order chi connectivity index (χ0) is 26.4. The molecule has 13 N–H and O–H groups in total. The molecule has 4 atom stereocenters. The number of primary amides is 1. The van der Waals surface area contributed by atoms with E-state index in [9.17, 15) is 24.0 Å². The van der Waals surface area contributed by atoms with Gasteiger partial charge >= 0.3 is 5.97 Å². The van der Waals surface area contributed by atoms with E-state index in [1.165, 1.54) is 0 Å². The van der Waals surface area contributed by atoms with Crippen LogP contribution in [0.5, 0.6) is 0 Å². The fourth-order valence-electron chi connectivity index (χ4n) is 2.81. The minimum Gasteiger partial charge on any atom is -0.480 e. The molecule has 0 saturated heterocycles. The third-order valence-electron chi connectivity index (χ3n) is 4.48. The number of rotatable bonds is 16. The van der Waals surface area contributed by atoms with Crippen molar-refractivity contribution in [3.8, 4) is 0 Å². The Kier molecular flexibility index (Phi) is 13.8. The van der Waals surface area contributed by atoms with Crippen molar-refractivity contribution >= 4 is 35.6 Å². The second-order valence-electron chi connectivity index (χ2n) is 8.06. The predicted molar refractivity (Wildman–Crippen MR) is 122 cm³/mol. The highest BCUT2D eigenvalue weighted by Crippen LogP contribution is 2.05. The largest absolute Gasteiger partial charge is 0.480 e. The van der Waals surface area contributed by atoms with Gasteiger partial charge in [-0.05, 0) is 25.2 Å². The highest BCUT2D eigenvalue weighted by atomic mass is 16.4.